The monoisotopic (exact) mass is 361 g/mol. The molecule has 2 aromatic heterocycles. The van der Waals surface area contributed by atoms with Gasteiger partial charge < -0.3 is 18.9 Å². The van der Waals surface area contributed by atoms with Crippen LogP contribution in [0, 0.1) is 0 Å². The Hall–Kier alpha value is -3.13. The molecule has 3 aromatic rings. The number of furan rings is 1. The number of carbonyl (C=O) groups is 2. The third-order valence-corrected chi connectivity index (χ3v) is 3.31. The number of hydrogen-bond acceptors (Lipinski definition) is 7. The Balaban J connectivity index is 1.45. The Kier molecular flexibility index (Phi) is 5.10. The number of hydrogen-bond donors (Lipinski definition) is 1. The van der Waals surface area contributed by atoms with Crippen LogP contribution in [-0.4, -0.2) is 28.6 Å². The summed E-state index contributed by atoms with van der Waals surface area (Å²) in [5.41, 5.74) is 0.386. The molecule has 0 bridgehead atoms. The number of esters is 1. The van der Waals surface area contributed by atoms with E-state index in [1.54, 1.807) is 36.4 Å². The summed E-state index contributed by atoms with van der Waals surface area (Å²) in [5.74, 6) is -0.331. The number of rotatable bonds is 6. The molecule has 3 rings (SSSR count). The van der Waals surface area contributed by atoms with Gasteiger partial charge in [0, 0.05) is 10.6 Å². The molecule has 0 saturated heterocycles. The van der Waals surface area contributed by atoms with Gasteiger partial charge in [-0.2, -0.15) is 0 Å². The number of nitrogens with zero attached hydrogens (tertiary/aromatic N) is 2. The largest absolute Gasteiger partial charge is 0.459 e. The van der Waals surface area contributed by atoms with Crippen molar-refractivity contribution >= 4 is 23.5 Å². The Morgan fingerprint density at radius 3 is 2.68 bits per heavy atom. The normalized spacial score (nSPS) is 10.4. The number of nitrogens with one attached hydrogen (secondary N) is 1. The molecule has 1 aromatic carbocycles. The molecule has 1 N–H and O–H groups in total. The third kappa shape index (κ3) is 4.45. The van der Waals surface area contributed by atoms with Gasteiger partial charge in [-0.1, -0.05) is 11.6 Å². The maximum atomic E-state index is 11.9. The van der Waals surface area contributed by atoms with Crippen LogP contribution in [0.2, 0.25) is 5.02 Å². The van der Waals surface area contributed by atoms with Crippen molar-refractivity contribution in [1.29, 1.82) is 0 Å². The Morgan fingerprint density at radius 1 is 1.16 bits per heavy atom. The van der Waals surface area contributed by atoms with Gasteiger partial charge in [0.2, 0.25) is 0 Å². The molecular weight excluding hydrogens is 350 g/mol. The van der Waals surface area contributed by atoms with E-state index >= 15 is 0 Å². The minimum atomic E-state index is -0.639. The molecule has 8 nitrogen and oxygen atoms in total. The topological polar surface area (TPSA) is 107 Å². The molecule has 0 saturated carbocycles. The zero-order valence-corrected chi connectivity index (χ0v) is 13.5. The third-order valence-electron chi connectivity index (χ3n) is 3.06. The van der Waals surface area contributed by atoms with E-state index < -0.39 is 11.9 Å². The average Bonchev–Trinajstić information content (AvgIpc) is 3.29. The summed E-state index contributed by atoms with van der Waals surface area (Å²) < 4.78 is 15.4. The van der Waals surface area contributed by atoms with Crippen LogP contribution in [0.1, 0.15) is 16.2 Å². The fourth-order valence-electron chi connectivity index (χ4n) is 1.86. The second kappa shape index (κ2) is 7.63. The first-order chi connectivity index (χ1) is 12.1. The number of halogens is 1. The van der Waals surface area contributed by atoms with E-state index in [9.17, 15) is 9.59 Å². The second-order valence-corrected chi connectivity index (χ2v) is 5.26. The molecule has 9 heteroatoms. The molecule has 0 aliphatic rings. The lowest BCUT2D eigenvalue weighted by Gasteiger charge is -2.05. The van der Waals surface area contributed by atoms with Gasteiger partial charge in [0.25, 0.3) is 17.7 Å². The number of aromatic nitrogens is 2. The van der Waals surface area contributed by atoms with Crippen LogP contribution in [0.25, 0.3) is 11.7 Å². The smallest absolute Gasteiger partial charge is 0.325 e. The van der Waals surface area contributed by atoms with E-state index in [2.05, 4.69) is 15.5 Å². The molecular formula is C16H12ClN3O5. The summed E-state index contributed by atoms with van der Waals surface area (Å²) >= 11 is 5.75. The summed E-state index contributed by atoms with van der Waals surface area (Å²) in [6, 6.07) is 9.62. The van der Waals surface area contributed by atoms with Crippen LogP contribution in [-0.2, 0) is 16.1 Å². The van der Waals surface area contributed by atoms with Gasteiger partial charge in [-0.15, -0.1) is 10.2 Å². The van der Waals surface area contributed by atoms with Gasteiger partial charge in [0.1, 0.15) is 6.54 Å². The van der Waals surface area contributed by atoms with E-state index in [4.69, 9.17) is 25.2 Å². The number of ether oxygens (including phenoxy) is 1. The lowest BCUT2D eigenvalue weighted by molar-refractivity contribution is -0.144. The van der Waals surface area contributed by atoms with Gasteiger partial charge in [-0.05, 0) is 36.4 Å². The van der Waals surface area contributed by atoms with Crippen molar-refractivity contribution in [3.05, 3.63) is 59.1 Å². The minimum absolute atomic E-state index is 0.115. The molecule has 0 radical (unpaired) electrons. The lowest BCUT2D eigenvalue weighted by atomic mass is 10.2. The molecule has 0 unspecified atom stereocenters. The van der Waals surface area contributed by atoms with E-state index in [-0.39, 0.29) is 24.9 Å². The van der Waals surface area contributed by atoms with Gasteiger partial charge in [0.05, 0.1) is 6.26 Å². The van der Waals surface area contributed by atoms with Crippen LogP contribution in [0.4, 0.5) is 0 Å². The van der Waals surface area contributed by atoms with Crippen molar-refractivity contribution in [2.75, 3.05) is 6.54 Å². The van der Waals surface area contributed by atoms with Crippen molar-refractivity contribution in [3.8, 4) is 11.7 Å². The van der Waals surface area contributed by atoms with Crippen molar-refractivity contribution < 1.29 is 23.2 Å². The van der Waals surface area contributed by atoms with E-state index in [0.717, 1.165) is 0 Å². The zero-order chi connectivity index (χ0) is 17.6. The van der Waals surface area contributed by atoms with Crippen LogP contribution >= 0.6 is 11.6 Å². The first-order valence-corrected chi connectivity index (χ1v) is 7.55. The van der Waals surface area contributed by atoms with E-state index in [1.807, 2.05) is 0 Å². The van der Waals surface area contributed by atoms with E-state index in [1.165, 1.54) is 6.26 Å². The number of carbonyl (C=O) groups excluding carboxylic acids is 2. The molecule has 0 aliphatic carbocycles. The molecule has 0 fully saturated rings. The summed E-state index contributed by atoms with van der Waals surface area (Å²) in [7, 11) is 0. The highest BCUT2D eigenvalue weighted by Crippen LogP contribution is 2.18. The summed E-state index contributed by atoms with van der Waals surface area (Å²) in [6.45, 7) is -0.496. The Labute approximate surface area is 146 Å². The SMILES string of the molecule is O=C(CNC(=O)c1ccc(Cl)cc1)OCc1nnc(-c2ccco2)o1. The van der Waals surface area contributed by atoms with Gasteiger partial charge in [0.15, 0.2) is 12.4 Å². The van der Waals surface area contributed by atoms with E-state index in [0.29, 0.717) is 16.3 Å². The van der Waals surface area contributed by atoms with Crippen molar-refractivity contribution in [3.63, 3.8) is 0 Å². The zero-order valence-electron chi connectivity index (χ0n) is 12.8. The standard InChI is InChI=1S/C16H12ClN3O5/c17-11-5-3-10(4-6-11)15(22)18-8-14(21)24-9-13-19-20-16(25-13)12-2-1-7-23-12/h1-7H,8-9H2,(H,18,22). The predicted octanol–water partition coefficient (Wildman–Crippen LogP) is 2.46. The van der Waals surface area contributed by atoms with Crippen LogP contribution < -0.4 is 5.32 Å². The van der Waals surface area contributed by atoms with Crippen LogP contribution in [0.5, 0.6) is 0 Å². The lowest BCUT2D eigenvalue weighted by Crippen LogP contribution is -2.30. The van der Waals surface area contributed by atoms with Crippen molar-refractivity contribution in [2.45, 2.75) is 6.61 Å². The average molecular weight is 362 g/mol. The highest BCUT2D eigenvalue weighted by atomic mass is 35.5. The van der Waals surface area contributed by atoms with Gasteiger partial charge in [-0.3, -0.25) is 9.59 Å². The minimum Gasteiger partial charge on any atom is -0.459 e. The number of amides is 1. The summed E-state index contributed by atoms with van der Waals surface area (Å²) in [5, 5.41) is 10.5. The first kappa shape index (κ1) is 16.7. The molecule has 0 aliphatic heterocycles. The summed E-state index contributed by atoms with van der Waals surface area (Å²) in [4.78, 5) is 23.5. The first-order valence-electron chi connectivity index (χ1n) is 7.17. The quantitative estimate of drug-likeness (QED) is 0.672. The second-order valence-electron chi connectivity index (χ2n) is 4.83. The Bertz CT molecular complexity index is 858. The molecule has 25 heavy (non-hydrogen) atoms. The Morgan fingerprint density at radius 2 is 1.96 bits per heavy atom. The fraction of sp³-hybridized carbons (Fsp3) is 0.125. The highest BCUT2D eigenvalue weighted by Gasteiger charge is 2.13. The molecule has 0 spiro atoms. The van der Waals surface area contributed by atoms with Gasteiger partial charge in [-0.25, -0.2) is 0 Å². The fourth-order valence-corrected chi connectivity index (χ4v) is 1.99. The predicted molar refractivity (Wildman–Crippen MR) is 85.6 cm³/mol. The molecule has 2 heterocycles. The highest BCUT2D eigenvalue weighted by molar-refractivity contribution is 6.30. The van der Waals surface area contributed by atoms with Gasteiger partial charge >= 0.3 is 5.97 Å². The maximum Gasteiger partial charge on any atom is 0.325 e. The molecule has 0 atom stereocenters. The summed E-state index contributed by atoms with van der Waals surface area (Å²) in [6.07, 6.45) is 1.47. The van der Waals surface area contributed by atoms with Crippen LogP contribution in [0.3, 0.4) is 0 Å². The molecule has 1 amide bonds. The molecule has 128 valence electrons. The number of benzene rings is 1. The van der Waals surface area contributed by atoms with Crippen molar-refractivity contribution in [1.82, 2.24) is 15.5 Å². The maximum absolute atomic E-state index is 11.9. The van der Waals surface area contributed by atoms with Crippen LogP contribution in [0.15, 0.2) is 51.5 Å². The van der Waals surface area contributed by atoms with Crippen molar-refractivity contribution in [2.24, 2.45) is 0 Å².